The first-order chi connectivity index (χ1) is 1.41. The number of hydrogen-bond donors (Lipinski definition) is 1. The van der Waals surface area contributed by atoms with E-state index in [0.29, 0.717) is 0 Å². The molecule has 0 aliphatic heterocycles. The second-order valence-electron chi connectivity index (χ2n) is 0.102. The number of hydrogen-bond acceptors (Lipinski definition) is 2. The second kappa shape index (κ2) is 17.2. The van der Waals surface area contributed by atoms with Crippen LogP contribution >= 0.6 is 12.4 Å². The second-order valence-corrected chi connectivity index (χ2v) is 0.102. The van der Waals surface area contributed by atoms with Gasteiger partial charge >= 0.3 is 68.9 Å². The van der Waals surface area contributed by atoms with Gasteiger partial charge in [0.1, 0.15) is 0 Å². The zero-order valence-electron chi connectivity index (χ0n) is 3.82. The predicted octanol–water partition coefficient (Wildman–Crippen LogP) is -2.56. The van der Waals surface area contributed by atoms with Crippen LogP contribution in [-0.2, 0) is 4.79 Å². The van der Waals surface area contributed by atoms with Crippen molar-refractivity contribution in [2.45, 2.75) is 0 Å². The molecule has 0 amide bonds. The Labute approximate surface area is 96.5 Å². The molecule has 0 saturated carbocycles. The minimum absolute atomic E-state index is 0. The molecule has 1 N–H and O–H groups in total. The molecule has 0 spiro atoms. The first kappa shape index (κ1) is 15.9. The smallest absolute Gasteiger partial charge is 1.00 e. The molecule has 0 aliphatic carbocycles. The van der Waals surface area contributed by atoms with Crippen LogP contribution in [-0.4, -0.2) is 6.08 Å². The molecule has 0 aliphatic rings. The number of isocyanates is 1. The van der Waals surface area contributed by atoms with Crippen molar-refractivity contribution in [1.29, 1.82) is 5.41 Å². The van der Waals surface area contributed by atoms with Crippen LogP contribution in [0.1, 0.15) is 1.43 Å². The topological polar surface area (TPSA) is 40.9 Å². The first-order valence-corrected chi connectivity index (χ1v) is 0.454. The van der Waals surface area contributed by atoms with Gasteiger partial charge in [0.05, 0.1) is 0 Å². The zero-order valence-corrected chi connectivity index (χ0v) is 9.91. The number of carbonyl (C=O) groups excluding carboxylic acids is 1. The van der Waals surface area contributed by atoms with Crippen LogP contribution in [0.2, 0.25) is 0 Å². The number of rotatable bonds is 0. The SMILES string of the molecule is Cl.N=C=O.[Cs+].[H-]. The van der Waals surface area contributed by atoms with Crippen molar-refractivity contribution in [2.75, 3.05) is 0 Å². The Hall–Kier alpha value is 1.72. The summed E-state index contributed by atoms with van der Waals surface area (Å²) in [4.78, 5) is 8.35. The largest absolute Gasteiger partial charge is 1.00 e. The van der Waals surface area contributed by atoms with Crippen LogP contribution in [0.15, 0.2) is 0 Å². The fourth-order valence-electron chi connectivity index (χ4n) is 0. The Morgan fingerprint density at radius 3 is 1.80 bits per heavy atom. The molecule has 0 aromatic heterocycles. The van der Waals surface area contributed by atoms with Crippen LogP contribution in [0.4, 0.5) is 0 Å². The van der Waals surface area contributed by atoms with Gasteiger partial charge in [0.2, 0.25) is 6.08 Å². The molecule has 0 radical (unpaired) electrons. The van der Waals surface area contributed by atoms with Crippen LogP contribution in [0, 0.1) is 5.41 Å². The van der Waals surface area contributed by atoms with Crippen molar-refractivity contribution < 1.29 is 75.1 Å². The van der Waals surface area contributed by atoms with Gasteiger partial charge in [-0.05, 0) is 0 Å². The molecule has 0 atom stereocenters. The first-order valence-electron chi connectivity index (χ1n) is 0.454. The molecule has 0 fully saturated rings. The quantitative estimate of drug-likeness (QED) is 0.349. The third-order valence-electron chi connectivity index (χ3n) is 0. The maximum atomic E-state index is 8.35. The van der Waals surface area contributed by atoms with Crippen LogP contribution in [0.25, 0.3) is 0 Å². The third kappa shape index (κ3) is 26.7. The average Bonchev–Trinajstić information content (AvgIpc) is 0.918. The molecule has 0 saturated heterocycles. The number of halogens is 1. The van der Waals surface area contributed by atoms with E-state index in [1.807, 2.05) is 0 Å². The van der Waals surface area contributed by atoms with E-state index in [1.54, 1.807) is 0 Å². The summed E-state index contributed by atoms with van der Waals surface area (Å²) in [6, 6.07) is 0. The average molecular weight is 213 g/mol. The molecule has 0 aromatic carbocycles. The van der Waals surface area contributed by atoms with Crippen LogP contribution < -0.4 is 68.9 Å². The maximum Gasteiger partial charge on any atom is 1.00 e. The van der Waals surface area contributed by atoms with Crippen molar-refractivity contribution in [3.8, 4) is 0 Å². The Morgan fingerprint density at radius 2 is 1.80 bits per heavy atom. The molecule has 0 aromatic rings. The maximum absolute atomic E-state index is 8.35. The summed E-state index contributed by atoms with van der Waals surface area (Å²) in [6.07, 6.45) is 0.750. The van der Waals surface area contributed by atoms with Crippen molar-refractivity contribution in [1.82, 2.24) is 0 Å². The van der Waals surface area contributed by atoms with Gasteiger partial charge in [0.15, 0.2) is 0 Å². The number of nitrogens with one attached hydrogen (secondary N) is 1. The Bertz CT molecular complexity index is 36.5. The summed E-state index contributed by atoms with van der Waals surface area (Å²) < 4.78 is 0. The summed E-state index contributed by atoms with van der Waals surface area (Å²) in [5, 5.41) is 5.40. The van der Waals surface area contributed by atoms with E-state index >= 15 is 0 Å². The standard InChI is InChI=1S/CHNO.ClH.Cs.H/c2-1-3;;;/h2H;1H;;/q;;+1;-1. The minimum atomic E-state index is 0. The molecule has 0 heterocycles. The fourth-order valence-corrected chi connectivity index (χ4v) is 0. The van der Waals surface area contributed by atoms with Gasteiger partial charge in [0, 0.05) is 0 Å². The summed E-state index contributed by atoms with van der Waals surface area (Å²) >= 11 is 0. The molecule has 0 bridgehead atoms. The van der Waals surface area contributed by atoms with Gasteiger partial charge < -0.3 is 1.43 Å². The fraction of sp³-hybridized carbons (Fsp3) is 0. The molecule has 5 heavy (non-hydrogen) atoms. The third-order valence-corrected chi connectivity index (χ3v) is 0. The van der Waals surface area contributed by atoms with Crippen molar-refractivity contribution in [3.63, 3.8) is 0 Å². The van der Waals surface area contributed by atoms with Gasteiger partial charge in [-0.25, -0.2) is 10.2 Å². The van der Waals surface area contributed by atoms with Crippen LogP contribution in [0.3, 0.4) is 0 Å². The van der Waals surface area contributed by atoms with E-state index in [9.17, 15) is 0 Å². The molecular formula is CH3ClCsNO. The normalized spacial score (nSPS) is 1.60. The Morgan fingerprint density at radius 1 is 1.80 bits per heavy atom. The monoisotopic (exact) mass is 213 g/mol. The van der Waals surface area contributed by atoms with Crippen molar-refractivity contribution in [2.24, 2.45) is 0 Å². The molecule has 0 rings (SSSR count). The molecule has 2 nitrogen and oxygen atoms in total. The summed E-state index contributed by atoms with van der Waals surface area (Å²) in [6.45, 7) is 0. The van der Waals surface area contributed by atoms with E-state index in [4.69, 9.17) is 10.2 Å². The molecule has 0 unspecified atom stereocenters. The van der Waals surface area contributed by atoms with Gasteiger partial charge in [-0.1, -0.05) is 0 Å². The van der Waals surface area contributed by atoms with E-state index in [1.165, 1.54) is 0 Å². The van der Waals surface area contributed by atoms with E-state index in [2.05, 4.69) is 0 Å². The van der Waals surface area contributed by atoms with E-state index in [0.717, 1.165) is 6.08 Å². The Kier molecular flexibility index (Phi) is 54.7. The summed E-state index contributed by atoms with van der Waals surface area (Å²) in [5.74, 6) is 0. The summed E-state index contributed by atoms with van der Waals surface area (Å²) in [5.41, 5.74) is 0. The zero-order chi connectivity index (χ0) is 2.71. The molecule has 4 heteroatoms. The van der Waals surface area contributed by atoms with Crippen LogP contribution in [0.5, 0.6) is 0 Å². The minimum Gasteiger partial charge on any atom is -1.00 e. The predicted molar refractivity (Wildman–Crippen MR) is 16.8 cm³/mol. The van der Waals surface area contributed by atoms with Gasteiger partial charge in [-0.3, -0.25) is 0 Å². The van der Waals surface area contributed by atoms with Gasteiger partial charge in [0.25, 0.3) is 0 Å². The van der Waals surface area contributed by atoms with Crippen molar-refractivity contribution in [3.05, 3.63) is 0 Å². The Balaban J connectivity index is -0.00000000667. The molecular weight excluding hydrogens is 210 g/mol. The molecule has 26 valence electrons. The summed E-state index contributed by atoms with van der Waals surface area (Å²) in [7, 11) is 0. The van der Waals surface area contributed by atoms with Gasteiger partial charge in [-0.15, -0.1) is 12.4 Å². The van der Waals surface area contributed by atoms with Crippen molar-refractivity contribution >= 4 is 18.5 Å². The van der Waals surface area contributed by atoms with E-state index < -0.39 is 0 Å². The van der Waals surface area contributed by atoms with E-state index in [-0.39, 0.29) is 82.7 Å². The van der Waals surface area contributed by atoms with Gasteiger partial charge in [-0.2, -0.15) is 0 Å².